The first kappa shape index (κ1) is 19.6. The molecule has 0 spiro atoms. The van der Waals surface area contributed by atoms with Gasteiger partial charge in [0.25, 0.3) is 0 Å². The van der Waals surface area contributed by atoms with E-state index in [0.29, 0.717) is 24.4 Å². The number of para-hydroxylation sites is 1. The lowest BCUT2D eigenvalue weighted by Crippen LogP contribution is -2.34. The number of benzene rings is 1. The molecular weight excluding hydrogens is 312 g/mol. The number of nitrogens with zero attached hydrogens (tertiary/aromatic N) is 1. The van der Waals surface area contributed by atoms with Gasteiger partial charge in [0.05, 0.1) is 24.5 Å². The van der Waals surface area contributed by atoms with Crippen molar-refractivity contribution in [1.29, 1.82) is 0 Å². The molecule has 0 bridgehead atoms. The number of amides is 2. The topological polar surface area (TPSA) is 84.9 Å². The SMILES string of the molecule is CCOC(=O)c1ccccc1NC(=O)CCN(CCOC)C(C)=O. The molecule has 132 valence electrons. The van der Waals surface area contributed by atoms with Crippen molar-refractivity contribution in [2.24, 2.45) is 0 Å². The number of ether oxygens (including phenoxy) is 2. The minimum Gasteiger partial charge on any atom is -0.462 e. The quantitative estimate of drug-likeness (QED) is 0.694. The molecule has 0 heterocycles. The molecule has 0 unspecified atom stereocenters. The van der Waals surface area contributed by atoms with Gasteiger partial charge in [-0.1, -0.05) is 12.1 Å². The molecule has 1 N–H and O–H groups in total. The van der Waals surface area contributed by atoms with Gasteiger partial charge in [0, 0.05) is 33.5 Å². The van der Waals surface area contributed by atoms with Crippen molar-refractivity contribution in [2.45, 2.75) is 20.3 Å². The molecule has 0 aromatic heterocycles. The summed E-state index contributed by atoms with van der Waals surface area (Å²) in [6, 6.07) is 6.65. The van der Waals surface area contributed by atoms with Crippen LogP contribution in [0.4, 0.5) is 5.69 Å². The lowest BCUT2D eigenvalue weighted by Gasteiger charge is -2.20. The summed E-state index contributed by atoms with van der Waals surface area (Å²) in [6.07, 6.45) is 0.125. The molecule has 0 saturated carbocycles. The zero-order chi connectivity index (χ0) is 17.9. The smallest absolute Gasteiger partial charge is 0.340 e. The third kappa shape index (κ3) is 6.37. The van der Waals surface area contributed by atoms with Gasteiger partial charge in [0.2, 0.25) is 11.8 Å². The number of nitrogens with one attached hydrogen (secondary N) is 1. The normalized spacial score (nSPS) is 10.1. The summed E-state index contributed by atoms with van der Waals surface area (Å²) in [5.41, 5.74) is 0.697. The second kappa shape index (κ2) is 10.4. The molecule has 24 heavy (non-hydrogen) atoms. The van der Waals surface area contributed by atoms with E-state index >= 15 is 0 Å². The highest BCUT2D eigenvalue weighted by Crippen LogP contribution is 2.16. The maximum absolute atomic E-state index is 12.1. The largest absolute Gasteiger partial charge is 0.462 e. The van der Waals surface area contributed by atoms with E-state index in [1.54, 1.807) is 43.2 Å². The Kier molecular flexibility index (Phi) is 8.49. The summed E-state index contributed by atoms with van der Waals surface area (Å²) in [5, 5.41) is 2.69. The van der Waals surface area contributed by atoms with E-state index in [1.807, 2.05) is 0 Å². The molecule has 0 aliphatic rings. The molecule has 7 heteroatoms. The van der Waals surface area contributed by atoms with Crippen LogP contribution in [0.15, 0.2) is 24.3 Å². The minimum absolute atomic E-state index is 0.119. The Morgan fingerprint density at radius 1 is 1.17 bits per heavy atom. The van der Waals surface area contributed by atoms with Gasteiger partial charge in [-0.3, -0.25) is 9.59 Å². The second-order valence-electron chi connectivity index (χ2n) is 5.06. The fourth-order valence-corrected chi connectivity index (χ4v) is 2.06. The van der Waals surface area contributed by atoms with E-state index in [0.717, 1.165) is 0 Å². The van der Waals surface area contributed by atoms with Gasteiger partial charge in [-0.2, -0.15) is 0 Å². The Morgan fingerprint density at radius 2 is 1.88 bits per heavy atom. The molecule has 1 aromatic rings. The minimum atomic E-state index is -0.487. The lowest BCUT2D eigenvalue weighted by molar-refractivity contribution is -0.130. The lowest BCUT2D eigenvalue weighted by atomic mass is 10.1. The number of methoxy groups -OCH3 is 1. The highest BCUT2D eigenvalue weighted by Gasteiger charge is 2.15. The molecule has 2 amide bonds. The van der Waals surface area contributed by atoms with E-state index in [1.165, 1.54) is 6.92 Å². The Hall–Kier alpha value is -2.41. The van der Waals surface area contributed by atoms with Gasteiger partial charge in [-0.15, -0.1) is 0 Å². The highest BCUT2D eigenvalue weighted by atomic mass is 16.5. The fraction of sp³-hybridized carbons (Fsp3) is 0.471. The Balaban J connectivity index is 2.65. The van der Waals surface area contributed by atoms with Gasteiger partial charge in [0.1, 0.15) is 0 Å². The number of carbonyl (C=O) groups is 3. The zero-order valence-corrected chi connectivity index (χ0v) is 14.3. The van der Waals surface area contributed by atoms with Crippen LogP contribution in [-0.2, 0) is 19.1 Å². The molecule has 0 fully saturated rings. The molecule has 0 radical (unpaired) electrons. The third-order valence-electron chi connectivity index (χ3n) is 3.32. The average molecular weight is 336 g/mol. The molecule has 0 aliphatic carbocycles. The van der Waals surface area contributed by atoms with Crippen LogP contribution in [0.5, 0.6) is 0 Å². The first-order valence-electron chi connectivity index (χ1n) is 7.80. The van der Waals surface area contributed by atoms with Crippen LogP contribution in [-0.4, -0.2) is 56.1 Å². The van der Waals surface area contributed by atoms with Crippen LogP contribution >= 0.6 is 0 Å². The van der Waals surface area contributed by atoms with E-state index in [2.05, 4.69) is 5.32 Å². The van der Waals surface area contributed by atoms with Crippen molar-refractivity contribution >= 4 is 23.5 Å². The fourth-order valence-electron chi connectivity index (χ4n) is 2.06. The summed E-state index contributed by atoms with van der Waals surface area (Å²) in [6.45, 7) is 4.55. The maximum Gasteiger partial charge on any atom is 0.340 e. The van der Waals surface area contributed by atoms with Gasteiger partial charge < -0.3 is 19.7 Å². The number of hydrogen-bond donors (Lipinski definition) is 1. The molecular formula is C17H24N2O5. The van der Waals surface area contributed by atoms with Crippen molar-refractivity contribution in [3.05, 3.63) is 29.8 Å². The number of rotatable bonds is 9. The first-order chi connectivity index (χ1) is 11.5. The predicted molar refractivity (Wildman–Crippen MR) is 89.8 cm³/mol. The predicted octanol–water partition coefficient (Wildman–Crippen LogP) is 1.69. The Morgan fingerprint density at radius 3 is 2.50 bits per heavy atom. The monoisotopic (exact) mass is 336 g/mol. The number of anilines is 1. The summed E-state index contributed by atoms with van der Waals surface area (Å²) >= 11 is 0. The summed E-state index contributed by atoms with van der Waals surface area (Å²) in [5.74, 6) is -0.888. The van der Waals surface area contributed by atoms with Gasteiger partial charge in [-0.25, -0.2) is 4.79 Å². The van der Waals surface area contributed by atoms with Gasteiger partial charge in [-0.05, 0) is 19.1 Å². The van der Waals surface area contributed by atoms with Crippen molar-refractivity contribution in [2.75, 3.05) is 38.7 Å². The van der Waals surface area contributed by atoms with Crippen LogP contribution in [0.3, 0.4) is 0 Å². The number of carbonyl (C=O) groups excluding carboxylic acids is 3. The molecule has 0 aliphatic heterocycles. The summed E-state index contributed by atoms with van der Waals surface area (Å²) < 4.78 is 9.91. The standard InChI is InChI=1S/C17H24N2O5/c1-4-24-17(22)14-7-5-6-8-15(14)18-16(21)9-10-19(13(2)20)11-12-23-3/h5-8H,4,9-12H2,1-3H3,(H,18,21). The molecule has 1 aromatic carbocycles. The highest BCUT2D eigenvalue weighted by molar-refractivity contribution is 6.01. The number of hydrogen-bond acceptors (Lipinski definition) is 5. The van der Waals surface area contributed by atoms with Crippen LogP contribution in [0.2, 0.25) is 0 Å². The summed E-state index contributed by atoms with van der Waals surface area (Å²) in [7, 11) is 1.55. The van der Waals surface area contributed by atoms with Crippen LogP contribution in [0.25, 0.3) is 0 Å². The van der Waals surface area contributed by atoms with Gasteiger partial charge >= 0.3 is 5.97 Å². The van der Waals surface area contributed by atoms with E-state index in [4.69, 9.17) is 9.47 Å². The van der Waals surface area contributed by atoms with Gasteiger partial charge in [0.15, 0.2) is 0 Å². The van der Waals surface area contributed by atoms with Crippen molar-refractivity contribution < 1.29 is 23.9 Å². The second-order valence-corrected chi connectivity index (χ2v) is 5.06. The molecule has 7 nitrogen and oxygen atoms in total. The third-order valence-corrected chi connectivity index (χ3v) is 3.32. The number of esters is 1. The average Bonchev–Trinajstić information content (AvgIpc) is 2.55. The Bertz CT molecular complexity index is 574. The zero-order valence-electron chi connectivity index (χ0n) is 14.3. The van der Waals surface area contributed by atoms with Crippen molar-refractivity contribution in [3.8, 4) is 0 Å². The van der Waals surface area contributed by atoms with Crippen LogP contribution in [0, 0.1) is 0 Å². The summed E-state index contributed by atoms with van der Waals surface area (Å²) in [4.78, 5) is 37.0. The van der Waals surface area contributed by atoms with Crippen molar-refractivity contribution in [3.63, 3.8) is 0 Å². The maximum atomic E-state index is 12.1. The van der Waals surface area contributed by atoms with Crippen LogP contribution < -0.4 is 5.32 Å². The van der Waals surface area contributed by atoms with Crippen LogP contribution in [0.1, 0.15) is 30.6 Å². The first-order valence-corrected chi connectivity index (χ1v) is 7.80. The molecule has 0 saturated heterocycles. The molecule has 0 atom stereocenters. The molecule has 1 rings (SSSR count). The van der Waals surface area contributed by atoms with E-state index < -0.39 is 5.97 Å². The Labute approximate surface area is 141 Å². The van der Waals surface area contributed by atoms with E-state index in [-0.39, 0.29) is 31.4 Å². The van der Waals surface area contributed by atoms with E-state index in [9.17, 15) is 14.4 Å². The van der Waals surface area contributed by atoms with Crippen molar-refractivity contribution in [1.82, 2.24) is 4.90 Å².